The van der Waals surface area contributed by atoms with Gasteiger partial charge in [0.15, 0.2) is 17.5 Å². The average molecular weight is 398 g/mol. The van der Waals surface area contributed by atoms with Crippen LogP contribution in [0, 0.1) is 18.6 Å². The Bertz CT molecular complexity index is 1010. The summed E-state index contributed by atoms with van der Waals surface area (Å²) in [6.45, 7) is 4.82. The molecule has 150 valence electrons. The number of tetrazole rings is 1. The molecule has 0 atom stereocenters. The van der Waals surface area contributed by atoms with Crippen LogP contribution in [0.25, 0.3) is 5.69 Å². The number of halogens is 2. The summed E-state index contributed by atoms with van der Waals surface area (Å²) in [6, 6.07) is 11.2. The first-order valence-electron chi connectivity index (χ1n) is 9.32. The van der Waals surface area contributed by atoms with E-state index in [4.69, 9.17) is 0 Å². The minimum absolute atomic E-state index is 0.153. The molecule has 0 spiro atoms. The lowest BCUT2D eigenvalue weighted by atomic mass is 10.1. The van der Waals surface area contributed by atoms with Crippen molar-refractivity contribution in [3.05, 3.63) is 71.1 Å². The van der Waals surface area contributed by atoms with Crippen LogP contribution in [0.5, 0.6) is 0 Å². The lowest BCUT2D eigenvalue weighted by molar-refractivity contribution is 0.0624. The van der Waals surface area contributed by atoms with Gasteiger partial charge in [-0.2, -0.15) is 4.68 Å². The highest BCUT2D eigenvalue weighted by Crippen LogP contribution is 2.15. The van der Waals surface area contributed by atoms with Gasteiger partial charge in [-0.15, -0.1) is 5.10 Å². The number of rotatable bonds is 4. The number of carbonyl (C=O) groups is 1. The third-order valence-corrected chi connectivity index (χ3v) is 5.00. The predicted octanol–water partition coefficient (Wildman–Crippen LogP) is 2.21. The van der Waals surface area contributed by atoms with E-state index in [-0.39, 0.29) is 11.5 Å². The van der Waals surface area contributed by atoms with Crippen molar-refractivity contribution in [3.63, 3.8) is 0 Å². The van der Waals surface area contributed by atoms with Gasteiger partial charge in [-0.3, -0.25) is 9.69 Å². The van der Waals surface area contributed by atoms with Crippen molar-refractivity contribution in [2.45, 2.75) is 13.5 Å². The molecule has 0 radical (unpaired) electrons. The molecule has 9 heteroatoms. The summed E-state index contributed by atoms with van der Waals surface area (Å²) in [5, 5.41) is 12.0. The molecule has 1 saturated heterocycles. The number of carbonyl (C=O) groups excluding carboxylic acids is 1. The summed E-state index contributed by atoms with van der Waals surface area (Å²) in [5.41, 5.74) is 2.20. The van der Waals surface area contributed by atoms with Gasteiger partial charge in [-0.25, -0.2) is 8.78 Å². The molecule has 3 aromatic rings. The summed E-state index contributed by atoms with van der Waals surface area (Å²) in [7, 11) is 0. The fraction of sp³-hybridized carbons (Fsp3) is 0.300. The zero-order chi connectivity index (χ0) is 20.4. The highest BCUT2D eigenvalue weighted by atomic mass is 19.2. The quantitative estimate of drug-likeness (QED) is 0.674. The topological polar surface area (TPSA) is 67.2 Å². The minimum Gasteiger partial charge on any atom is -0.336 e. The molecule has 2 heterocycles. The average Bonchev–Trinajstić information content (AvgIpc) is 3.19. The van der Waals surface area contributed by atoms with Crippen molar-refractivity contribution in [2.24, 2.45) is 0 Å². The van der Waals surface area contributed by atoms with Crippen LogP contribution in [0.15, 0.2) is 42.5 Å². The third-order valence-electron chi connectivity index (χ3n) is 5.00. The predicted molar refractivity (Wildman–Crippen MR) is 101 cm³/mol. The van der Waals surface area contributed by atoms with Crippen LogP contribution in [0.2, 0.25) is 0 Å². The molecule has 4 rings (SSSR count). The van der Waals surface area contributed by atoms with Crippen molar-refractivity contribution < 1.29 is 13.6 Å². The van der Waals surface area contributed by atoms with E-state index in [0.717, 1.165) is 23.4 Å². The minimum atomic E-state index is -1.02. The first-order valence-corrected chi connectivity index (χ1v) is 9.32. The molecule has 1 fully saturated rings. The number of piperazine rings is 1. The Morgan fingerprint density at radius 3 is 2.41 bits per heavy atom. The highest BCUT2D eigenvalue weighted by molar-refractivity contribution is 5.94. The van der Waals surface area contributed by atoms with Crippen LogP contribution in [0.4, 0.5) is 8.78 Å². The Morgan fingerprint density at radius 2 is 1.72 bits per heavy atom. The molecule has 7 nitrogen and oxygen atoms in total. The Morgan fingerprint density at radius 1 is 1.00 bits per heavy atom. The largest absolute Gasteiger partial charge is 0.336 e. The fourth-order valence-electron chi connectivity index (χ4n) is 3.31. The molecule has 0 aliphatic carbocycles. The van der Waals surface area contributed by atoms with Gasteiger partial charge in [0, 0.05) is 31.7 Å². The van der Waals surface area contributed by atoms with E-state index in [1.54, 1.807) is 9.58 Å². The van der Waals surface area contributed by atoms with E-state index in [0.29, 0.717) is 38.5 Å². The van der Waals surface area contributed by atoms with Gasteiger partial charge < -0.3 is 4.90 Å². The van der Waals surface area contributed by atoms with Crippen molar-refractivity contribution >= 4 is 5.91 Å². The van der Waals surface area contributed by atoms with E-state index in [1.807, 2.05) is 31.2 Å². The van der Waals surface area contributed by atoms with Crippen molar-refractivity contribution in [3.8, 4) is 5.69 Å². The SMILES string of the molecule is Cc1ccc(-n2nnnc2CN2CCN(C(=O)c3ccc(F)c(F)c3)CC2)cc1. The lowest BCUT2D eigenvalue weighted by Gasteiger charge is -2.34. The van der Waals surface area contributed by atoms with Crippen molar-refractivity contribution in [2.75, 3.05) is 26.2 Å². The third kappa shape index (κ3) is 4.14. The second-order valence-corrected chi connectivity index (χ2v) is 7.04. The Balaban J connectivity index is 1.38. The van der Waals surface area contributed by atoms with Gasteiger partial charge >= 0.3 is 0 Å². The number of hydrogen-bond acceptors (Lipinski definition) is 5. The molecule has 0 saturated carbocycles. The number of benzene rings is 2. The normalized spacial score (nSPS) is 14.9. The van der Waals surface area contributed by atoms with Crippen molar-refractivity contribution in [1.29, 1.82) is 0 Å². The van der Waals surface area contributed by atoms with Crippen LogP contribution >= 0.6 is 0 Å². The number of nitrogens with zero attached hydrogens (tertiary/aromatic N) is 6. The van der Waals surface area contributed by atoms with E-state index in [1.165, 1.54) is 6.07 Å². The first-order chi connectivity index (χ1) is 14.0. The Hall–Kier alpha value is -3.20. The zero-order valence-corrected chi connectivity index (χ0v) is 15.9. The van der Waals surface area contributed by atoms with E-state index < -0.39 is 11.6 Å². The molecule has 0 unspecified atom stereocenters. The van der Waals surface area contributed by atoms with Gasteiger partial charge in [0.25, 0.3) is 5.91 Å². The lowest BCUT2D eigenvalue weighted by Crippen LogP contribution is -2.48. The zero-order valence-electron chi connectivity index (χ0n) is 15.9. The highest BCUT2D eigenvalue weighted by Gasteiger charge is 2.24. The molecule has 1 aliphatic heterocycles. The van der Waals surface area contributed by atoms with E-state index in [2.05, 4.69) is 20.4 Å². The molecule has 1 aliphatic rings. The van der Waals surface area contributed by atoms with E-state index >= 15 is 0 Å². The molecular weight excluding hydrogens is 378 g/mol. The molecule has 1 amide bonds. The standard InChI is InChI=1S/C20H20F2N6O/c1-14-2-5-16(6-3-14)28-19(23-24-25-28)13-26-8-10-27(11-9-26)20(29)15-4-7-17(21)18(22)12-15/h2-7,12H,8-11,13H2,1H3. The summed E-state index contributed by atoms with van der Waals surface area (Å²) in [4.78, 5) is 16.3. The summed E-state index contributed by atoms with van der Waals surface area (Å²) >= 11 is 0. The maximum atomic E-state index is 13.4. The first kappa shape index (κ1) is 19.1. The number of amides is 1. The van der Waals surface area contributed by atoms with Gasteiger partial charge in [0.05, 0.1) is 12.2 Å². The molecule has 29 heavy (non-hydrogen) atoms. The maximum absolute atomic E-state index is 13.4. The van der Waals surface area contributed by atoms with Crippen LogP contribution in [0.3, 0.4) is 0 Å². The molecular formula is C20H20F2N6O. The summed E-state index contributed by atoms with van der Waals surface area (Å²) in [6.07, 6.45) is 0. The second kappa shape index (κ2) is 8.04. The number of aromatic nitrogens is 4. The summed E-state index contributed by atoms with van der Waals surface area (Å²) in [5.74, 6) is -1.56. The number of hydrogen-bond donors (Lipinski definition) is 0. The van der Waals surface area contributed by atoms with Crippen LogP contribution in [-0.4, -0.2) is 62.1 Å². The molecule has 1 aromatic heterocycles. The summed E-state index contributed by atoms with van der Waals surface area (Å²) < 4.78 is 28.2. The van der Waals surface area contributed by atoms with E-state index in [9.17, 15) is 13.6 Å². The Kier molecular flexibility index (Phi) is 5.30. The van der Waals surface area contributed by atoms with Crippen LogP contribution < -0.4 is 0 Å². The van der Waals surface area contributed by atoms with Crippen LogP contribution in [-0.2, 0) is 6.54 Å². The van der Waals surface area contributed by atoms with Gasteiger partial charge in [0.2, 0.25) is 0 Å². The second-order valence-electron chi connectivity index (χ2n) is 7.04. The van der Waals surface area contributed by atoms with Crippen LogP contribution in [0.1, 0.15) is 21.7 Å². The maximum Gasteiger partial charge on any atom is 0.254 e. The van der Waals surface area contributed by atoms with Gasteiger partial charge in [-0.1, -0.05) is 17.7 Å². The fourth-order valence-corrected chi connectivity index (χ4v) is 3.31. The smallest absolute Gasteiger partial charge is 0.254 e. The molecule has 0 bridgehead atoms. The van der Waals surface area contributed by atoms with Gasteiger partial charge in [-0.05, 0) is 47.7 Å². The monoisotopic (exact) mass is 398 g/mol. The molecule has 0 N–H and O–H groups in total. The van der Waals surface area contributed by atoms with Crippen molar-refractivity contribution in [1.82, 2.24) is 30.0 Å². The Labute approximate surface area is 166 Å². The van der Waals surface area contributed by atoms with Gasteiger partial charge in [0.1, 0.15) is 0 Å². The number of aryl methyl sites for hydroxylation is 1. The molecule has 2 aromatic carbocycles.